The first kappa shape index (κ1) is 9.97. The summed E-state index contributed by atoms with van der Waals surface area (Å²) < 4.78 is 14.1. The largest absolute Gasteiger partial charge is 0.328 e. The monoisotopic (exact) mass is 173 g/mol. The molecule has 72 valence electrons. The van der Waals surface area contributed by atoms with E-state index < -0.39 is 5.67 Å². The molecular weight excluding hydrogens is 153 g/mol. The van der Waals surface area contributed by atoms with E-state index >= 15 is 0 Å². The molecule has 1 unspecified atom stereocenters. The zero-order chi connectivity index (χ0) is 9.19. The third kappa shape index (κ3) is 1.98. The lowest BCUT2D eigenvalue weighted by Crippen LogP contribution is -2.39. The molecule has 0 aromatic rings. The van der Waals surface area contributed by atoms with Gasteiger partial charge in [-0.25, -0.2) is 4.39 Å². The van der Waals surface area contributed by atoms with Crippen LogP contribution in [0.5, 0.6) is 0 Å². The van der Waals surface area contributed by atoms with E-state index in [-0.39, 0.29) is 12.0 Å². The van der Waals surface area contributed by atoms with Crippen molar-refractivity contribution in [2.75, 3.05) is 0 Å². The van der Waals surface area contributed by atoms with E-state index in [0.29, 0.717) is 12.8 Å². The van der Waals surface area contributed by atoms with Gasteiger partial charge in [-0.3, -0.25) is 0 Å². The van der Waals surface area contributed by atoms with Crippen molar-refractivity contribution in [1.82, 2.24) is 0 Å². The SMILES string of the molecule is CCC(C)C1(F)CCC(N)CC1. The van der Waals surface area contributed by atoms with E-state index in [2.05, 4.69) is 6.92 Å². The first-order chi connectivity index (χ1) is 5.58. The van der Waals surface area contributed by atoms with Crippen molar-refractivity contribution < 1.29 is 4.39 Å². The predicted octanol–water partition coefficient (Wildman–Crippen LogP) is 2.64. The Hall–Kier alpha value is -0.110. The molecule has 0 saturated heterocycles. The van der Waals surface area contributed by atoms with Gasteiger partial charge in [0.25, 0.3) is 0 Å². The van der Waals surface area contributed by atoms with E-state index in [9.17, 15) is 4.39 Å². The van der Waals surface area contributed by atoms with Crippen LogP contribution in [0.2, 0.25) is 0 Å². The molecule has 0 aromatic heterocycles. The minimum atomic E-state index is -0.912. The number of alkyl halides is 1. The number of rotatable bonds is 2. The molecular formula is C10H20FN. The fourth-order valence-electron chi connectivity index (χ4n) is 1.98. The van der Waals surface area contributed by atoms with Gasteiger partial charge in [0.15, 0.2) is 0 Å². The Morgan fingerprint density at radius 2 is 2.00 bits per heavy atom. The first-order valence-electron chi connectivity index (χ1n) is 5.03. The summed E-state index contributed by atoms with van der Waals surface area (Å²) in [5, 5.41) is 0. The molecule has 1 aliphatic rings. The van der Waals surface area contributed by atoms with E-state index in [0.717, 1.165) is 19.3 Å². The quantitative estimate of drug-likeness (QED) is 0.682. The second kappa shape index (κ2) is 3.73. The molecule has 1 aliphatic carbocycles. The molecule has 1 atom stereocenters. The van der Waals surface area contributed by atoms with Gasteiger partial charge in [-0.1, -0.05) is 20.3 Å². The third-order valence-corrected chi connectivity index (χ3v) is 3.36. The second-order valence-corrected chi connectivity index (χ2v) is 4.18. The molecule has 0 heterocycles. The molecule has 0 bridgehead atoms. The average molecular weight is 173 g/mol. The minimum absolute atomic E-state index is 0.199. The van der Waals surface area contributed by atoms with Crippen LogP contribution < -0.4 is 5.73 Å². The van der Waals surface area contributed by atoms with Crippen LogP contribution in [0.25, 0.3) is 0 Å². The summed E-state index contributed by atoms with van der Waals surface area (Å²) in [4.78, 5) is 0. The van der Waals surface area contributed by atoms with Crippen molar-refractivity contribution in [1.29, 1.82) is 0 Å². The molecule has 1 fully saturated rings. The standard InChI is InChI=1S/C10H20FN/c1-3-8(2)10(11)6-4-9(12)5-7-10/h8-9H,3-7,12H2,1-2H3. The van der Waals surface area contributed by atoms with Crippen molar-refractivity contribution >= 4 is 0 Å². The third-order valence-electron chi connectivity index (χ3n) is 3.36. The van der Waals surface area contributed by atoms with E-state index in [1.807, 2.05) is 6.92 Å². The summed E-state index contributed by atoms with van der Waals surface area (Å²) in [6, 6.07) is 0.248. The van der Waals surface area contributed by atoms with Crippen LogP contribution in [0.15, 0.2) is 0 Å². The average Bonchev–Trinajstić information content (AvgIpc) is 2.09. The van der Waals surface area contributed by atoms with Crippen LogP contribution in [0.1, 0.15) is 46.0 Å². The molecule has 2 N–H and O–H groups in total. The van der Waals surface area contributed by atoms with Gasteiger partial charge in [0.1, 0.15) is 5.67 Å². The van der Waals surface area contributed by atoms with Crippen molar-refractivity contribution in [3.8, 4) is 0 Å². The summed E-state index contributed by atoms with van der Waals surface area (Å²) >= 11 is 0. The lowest BCUT2D eigenvalue weighted by molar-refractivity contribution is 0.0394. The molecule has 0 radical (unpaired) electrons. The minimum Gasteiger partial charge on any atom is -0.328 e. The van der Waals surface area contributed by atoms with Gasteiger partial charge in [-0.2, -0.15) is 0 Å². The van der Waals surface area contributed by atoms with E-state index in [4.69, 9.17) is 5.73 Å². The van der Waals surface area contributed by atoms with Crippen LogP contribution >= 0.6 is 0 Å². The molecule has 1 saturated carbocycles. The van der Waals surface area contributed by atoms with Crippen molar-refractivity contribution in [3.05, 3.63) is 0 Å². The molecule has 12 heavy (non-hydrogen) atoms. The Balaban J connectivity index is 2.49. The van der Waals surface area contributed by atoms with Gasteiger partial charge in [-0.05, 0) is 31.6 Å². The molecule has 0 aliphatic heterocycles. The molecule has 1 rings (SSSR count). The maximum absolute atomic E-state index is 14.1. The Morgan fingerprint density at radius 1 is 1.50 bits per heavy atom. The van der Waals surface area contributed by atoms with Gasteiger partial charge in [0.2, 0.25) is 0 Å². The predicted molar refractivity (Wildman–Crippen MR) is 49.7 cm³/mol. The highest BCUT2D eigenvalue weighted by Crippen LogP contribution is 2.38. The fourth-order valence-corrected chi connectivity index (χ4v) is 1.98. The fraction of sp³-hybridized carbons (Fsp3) is 1.00. The normalized spacial score (nSPS) is 39.5. The Morgan fingerprint density at radius 3 is 2.42 bits per heavy atom. The Labute approximate surface area is 74.5 Å². The number of nitrogens with two attached hydrogens (primary N) is 1. The topological polar surface area (TPSA) is 26.0 Å². The lowest BCUT2D eigenvalue weighted by Gasteiger charge is -2.36. The van der Waals surface area contributed by atoms with Gasteiger partial charge in [-0.15, -0.1) is 0 Å². The van der Waals surface area contributed by atoms with Crippen molar-refractivity contribution in [3.63, 3.8) is 0 Å². The number of halogens is 1. The number of hydrogen-bond donors (Lipinski definition) is 1. The van der Waals surface area contributed by atoms with Gasteiger partial charge >= 0.3 is 0 Å². The first-order valence-corrected chi connectivity index (χ1v) is 5.03. The van der Waals surface area contributed by atoms with Crippen LogP contribution in [-0.2, 0) is 0 Å². The Bertz CT molecular complexity index is 139. The highest BCUT2D eigenvalue weighted by Gasteiger charge is 2.38. The summed E-state index contributed by atoms with van der Waals surface area (Å²) in [6.45, 7) is 4.07. The van der Waals surface area contributed by atoms with Crippen LogP contribution in [0.4, 0.5) is 4.39 Å². The maximum Gasteiger partial charge on any atom is 0.113 e. The van der Waals surface area contributed by atoms with Gasteiger partial charge in [0, 0.05) is 6.04 Å². The highest BCUT2D eigenvalue weighted by molar-refractivity contribution is 4.90. The summed E-state index contributed by atoms with van der Waals surface area (Å²) in [5.74, 6) is 0.199. The highest BCUT2D eigenvalue weighted by atomic mass is 19.1. The van der Waals surface area contributed by atoms with Crippen LogP contribution in [-0.4, -0.2) is 11.7 Å². The number of hydrogen-bond acceptors (Lipinski definition) is 1. The zero-order valence-electron chi connectivity index (χ0n) is 8.15. The summed E-state index contributed by atoms with van der Waals surface area (Å²) in [5.41, 5.74) is 4.82. The smallest absolute Gasteiger partial charge is 0.113 e. The Kier molecular flexibility index (Phi) is 3.10. The molecule has 1 nitrogen and oxygen atoms in total. The maximum atomic E-state index is 14.1. The van der Waals surface area contributed by atoms with Crippen LogP contribution in [0, 0.1) is 5.92 Å². The zero-order valence-corrected chi connectivity index (χ0v) is 8.15. The summed E-state index contributed by atoms with van der Waals surface area (Å²) in [6.07, 6.45) is 4.00. The molecule has 0 spiro atoms. The van der Waals surface area contributed by atoms with Gasteiger partial charge in [0.05, 0.1) is 0 Å². The molecule has 2 heteroatoms. The van der Waals surface area contributed by atoms with Crippen molar-refractivity contribution in [2.45, 2.75) is 57.7 Å². The summed E-state index contributed by atoms with van der Waals surface area (Å²) in [7, 11) is 0. The van der Waals surface area contributed by atoms with Gasteiger partial charge < -0.3 is 5.73 Å². The van der Waals surface area contributed by atoms with Crippen molar-refractivity contribution in [2.24, 2.45) is 11.7 Å². The molecule has 0 amide bonds. The van der Waals surface area contributed by atoms with E-state index in [1.54, 1.807) is 0 Å². The van der Waals surface area contributed by atoms with E-state index in [1.165, 1.54) is 0 Å². The lowest BCUT2D eigenvalue weighted by atomic mass is 9.75. The van der Waals surface area contributed by atoms with Crippen LogP contribution in [0.3, 0.4) is 0 Å². The molecule has 0 aromatic carbocycles. The second-order valence-electron chi connectivity index (χ2n) is 4.18.